The Morgan fingerprint density at radius 3 is 1.48 bits per heavy atom. The van der Waals surface area contributed by atoms with E-state index in [-0.39, 0.29) is 11.8 Å². The van der Waals surface area contributed by atoms with E-state index in [4.69, 9.17) is 32.7 Å². The van der Waals surface area contributed by atoms with Gasteiger partial charge < -0.3 is 29.9 Å². The number of rotatable bonds is 14. The molecule has 220 valence electrons. The second-order valence-electron chi connectivity index (χ2n) is 10.3. The molecule has 10 heteroatoms. The zero-order valence-corrected chi connectivity index (χ0v) is 25.5. The van der Waals surface area contributed by atoms with Crippen LogP contribution in [0.25, 0.3) is 0 Å². The SMILES string of the molecule is Cc1cc(Cl)ccc1OC(C)C(=O)NCCCN1CCN(CCCNC(=O)C(C)Oc2ccc(Cl)cc2C)CC1. The summed E-state index contributed by atoms with van der Waals surface area (Å²) in [5, 5.41) is 7.25. The Bertz CT molecular complexity index is 1040. The van der Waals surface area contributed by atoms with Crippen molar-refractivity contribution in [3.63, 3.8) is 0 Å². The zero-order valence-electron chi connectivity index (χ0n) is 24.0. The molecule has 0 aromatic heterocycles. The van der Waals surface area contributed by atoms with Crippen LogP contribution in [0.1, 0.15) is 37.8 Å². The summed E-state index contributed by atoms with van der Waals surface area (Å²) in [6, 6.07) is 10.7. The van der Waals surface area contributed by atoms with E-state index in [2.05, 4.69) is 20.4 Å². The third-order valence-electron chi connectivity index (χ3n) is 6.99. The third-order valence-corrected chi connectivity index (χ3v) is 7.46. The van der Waals surface area contributed by atoms with Crippen LogP contribution in [-0.2, 0) is 9.59 Å². The molecule has 2 aromatic carbocycles. The number of ether oxygens (including phenoxy) is 2. The summed E-state index contributed by atoms with van der Waals surface area (Å²) >= 11 is 12.0. The molecule has 2 N–H and O–H groups in total. The monoisotopic (exact) mass is 592 g/mol. The number of benzene rings is 2. The van der Waals surface area contributed by atoms with Crippen molar-refractivity contribution in [2.24, 2.45) is 0 Å². The van der Waals surface area contributed by atoms with Crippen molar-refractivity contribution in [3.05, 3.63) is 57.6 Å². The van der Waals surface area contributed by atoms with Crippen LogP contribution in [0.5, 0.6) is 11.5 Å². The Balaban J connectivity index is 1.22. The third kappa shape index (κ3) is 10.5. The molecule has 40 heavy (non-hydrogen) atoms. The predicted molar refractivity (Wildman–Crippen MR) is 161 cm³/mol. The van der Waals surface area contributed by atoms with E-state index < -0.39 is 12.2 Å². The van der Waals surface area contributed by atoms with Gasteiger partial charge in [-0.05, 0) is 101 Å². The highest BCUT2D eigenvalue weighted by molar-refractivity contribution is 6.31. The van der Waals surface area contributed by atoms with Gasteiger partial charge in [0.2, 0.25) is 0 Å². The fraction of sp³-hybridized carbons (Fsp3) is 0.533. The molecule has 2 unspecified atom stereocenters. The maximum Gasteiger partial charge on any atom is 0.260 e. The molecule has 1 aliphatic rings. The first-order valence-corrected chi connectivity index (χ1v) is 14.7. The number of amides is 2. The number of nitrogens with zero attached hydrogens (tertiary/aromatic N) is 2. The minimum absolute atomic E-state index is 0.118. The molecule has 0 saturated carbocycles. The largest absolute Gasteiger partial charge is 0.481 e. The summed E-state index contributed by atoms with van der Waals surface area (Å²) in [7, 11) is 0. The first-order chi connectivity index (χ1) is 19.1. The Morgan fingerprint density at radius 2 is 1.12 bits per heavy atom. The lowest BCUT2D eigenvalue weighted by Gasteiger charge is -2.34. The van der Waals surface area contributed by atoms with Gasteiger partial charge in [-0.25, -0.2) is 0 Å². The molecule has 1 aliphatic heterocycles. The number of nitrogens with one attached hydrogen (secondary N) is 2. The number of hydrogen-bond donors (Lipinski definition) is 2. The quantitative estimate of drug-likeness (QED) is 0.315. The van der Waals surface area contributed by atoms with Gasteiger partial charge >= 0.3 is 0 Å². The van der Waals surface area contributed by atoms with E-state index in [0.717, 1.165) is 63.2 Å². The summed E-state index contributed by atoms with van der Waals surface area (Å²) in [5.41, 5.74) is 1.81. The van der Waals surface area contributed by atoms with Crippen LogP contribution in [0.3, 0.4) is 0 Å². The van der Waals surface area contributed by atoms with Gasteiger partial charge in [0.25, 0.3) is 11.8 Å². The van der Waals surface area contributed by atoms with Gasteiger partial charge in [0, 0.05) is 49.3 Å². The van der Waals surface area contributed by atoms with Crippen LogP contribution in [0.4, 0.5) is 0 Å². The summed E-state index contributed by atoms with van der Waals surface area (Å²) in [6.45, 7) is 14.5. The molecule has 2 atom stereocenters. The van der Waals surface area contributed by atoms with Crippen LogP contribution >= 0.6 is 23.2 Å². The molecule has 0 aliphatic carbocycles. The average Bonchev–Trinajstić information content (AvgIpc) is 2.92. The molecular formula is C30H42Cl2N4O4. The Kier molecular flexibility index (Phi) is 12.8. The van der Waals surface area contributed by atoms with E-state index in [1.54, 1.807) is 38.1 Å². The highest BCUT2D eigenvalue weighted by Crippen LogP contribution is 2.23. The average molecular weight is 594 g/mol. The van der Waals surface area contributed by atoms with Crippen molar-refractivity contribution in [2.75, 3.05) is 52.4 Å². The number of hydrogen-bond acceptors (Lipinski definition) is 6. The van der Waals surface area contributed by atoms with Gasteiger partial charge in [0.05, 0.1) is 0 Å². The molecule has 0 radical (unpaired) electrons. The van der Waals surface area contributed by atoms with Gasteiger partial charge in [-0.1, -0.05) is 23.2 Å². The van der Waals surface area contributed by atoms with E-state index in [9.17, 15) is 9.59 Å². The molecule has 0 bridgehead atoms. The van der Waals surface area contributed by atoms with Crippen molar-refractivity contribution in [1.29, 1.82) is 0 Å². The predicted octanol–water partition coefficient (Wildman–Crippen LogP) is 4.48. The fourth-order valence-electron chi connectivity index (χ4n) is 4.53. The van der Waals surface area contributed by atoms with Gasteiger partial charge in [-0.2, -0.15) is 0 Å². The van der Waals surface area contributed by atoms with Crippen molar-refractivity contribution in [2.45, 2.75) is 52.7 Å². The summed E-state index contributed by atoms with van der Waals surface area (Å²) in [4.78, 5) is 29.7. The number of carbonyl (C=O) groups is 2. The van der Waals surface area contributed by atoms with Crippen LogP contribution < -0.4 is 20.1 Å². The maximum absolute atomic E-state index is 12.4. The molecule has 1 fully saturated rings. The Hall–Kier alpha value is -2.52. The van der Waals surface area contributed by atoms with E-state index in [0.29, 0.717) is 34.6 Å². The van der Waals surface area contributed by atoms with Gasteiger partial charge in [0.1, 0.15) is 11.5 Å². The van der Waals surface area contributed by atoms with Crippen LogP contribution in [0.15, 0.2) is 36.4 Å². The molecule has 8 nitrogen and oxygen atoms in total. The normalized spacial score (nSPS) is 15.8. The topological polar surface area (TPSA) is 83.1 Å². The second-order valence-corrected chi connectivity index (χ2v) is 11.2. The van der Waals surface area contributed by atoms with Crippen LogP contribution in [0, 0.1) is 13.8 Å². The summed E-state index contributed by atoms with van der Waals surface area (Å²) < 4.78 is 11.6. The molecule has 3 rings (SSSR count). The lowest BCUT2D eigenvalue weighted by Crippen LogP contribution is -2.47. The zero-order chi connectivity index (χ0) is 29.1. The first-order valence-electron chi connectivity index (χ1n) is 14.0. The minimum atomic E-state index is -0.573. The van der Waals surface area contributed by atoms with Crippen molar-refractivity contribution < 1.29 is 19.1 Å². The summed E-state index contributed by atoms with van der Waals surface area (Å²) in [6.07, 6.45) is 0.633. The van der Waals surface area contributed by atoms with Crippen LogP contribution in [-0.4, -0.2) is 86.2 Å². The first kappa shape index (κ1) is 32.0. The smallest absolute Gasteiger partial charge is 0.260 e. The number of aryl methyl sites for hydroxylation is 2. The van der Waals surface area contributed by atoms with Crippen molar-refractivity contribution in [1.82, 2.24) is 20.4 Å². The molecule has 2 aromatic rings. The van der Waals surface area contributed by atoms with Crippen molar-refractivity contribution >= 4 is 35.0 Å². The van der Waals surface area contributed by atoms with Crippen LogP contribution in [0.2, 0.25) is 10.0 Å². The molecule has 2 amide bonds. The Labute approximate surface area is 248 Å². The van der Waals surface area contributed by atoms with E-state index in [1.807, 2.05) is 26.0 Å². The number of halogens is 2. The molecule has 0 spiro atoms. The maximum atomic E-state index is 12.4. The molecule has 1 saturated heterocycles. The summed E-state index contributed by atoms with van der Waals surface area (Å²) in [5.74, 6) is 1.10. The van der Waals surface area contributed by atoms with E-state index >= 15 is 0 Å². The van der Waals surface area contributed by atoms with Crippen molar-refractivity contribution in [3.8, 4) is 11.5 Å². The van der Waals surface area contributed by atoms with Gasteiger partial charge in [-0.15, -0.1) is 0 Å². The lowest BCUT2D eigenvalue weighted by atomic mass is 10.2. The highest BCUT2D eigenvalue weighted by Gasteiger charge is 2.19. The molecule has 1 heterocycles. The highest BCUT2D eigenvalue weighted by atomic mass is 35.5. The van der Waals surface area contributed by atoms with Gasteiger partial charge in [0.15, 0.2) is 12.2 Å². The number of carbonyl (C=O) groups excluding carboxylic acids is 2. The van der Waals surface area contributed by atoms with E-state index in [1.165, 1.54) is 0 Å². The lowest BCUT2D eigenvalue weighted by molar-refractivity contribution is -0.128. The second kappa shape index (κ2) is 16.1. The Morgan fingerprint density at radius 1 is 0.750 bits per heavy atom. The number of piperazine rings is 1. The van der Waals surface area contributed by atoms with Gasteiger partial charge in [-0.3, -0.25) is 9.59 Å². The standard InChI is InChI=1S/C30H42Cl2N4O4/c1-21-19-25(31)7-9-27(21)39-23(3)29(37)33-11-5-13-35-15-17-36(18-16-35)14-6-12-34-30(38)24(4)40-28-10-8-26(32)20-22(28)2/h7-10,19-20,23-24H,5-6,11-18H2,1-4H3,(H,33,37)(H,34,38). The fourth-order valence-corrected chi connectivity index (χ4v) is 4.98. The molecular weight excluding hydrogens is 551 g/mol. The minimum Gasteiger partial charge on any atom is -0.481 e.